The highest BCUT2D eigenvalue weighted by Crippen LogP contribution is 2.48. The SMILES string of the molecule is CCC(SCCCC(F)(F)C(F)(F)C(F)(F)F)C(=O)O. The van der Waals surface area contributed by atoms with E-state index in [0.29, 0.717) is 0 Å². The second-order valence-electron chi connectivity index (χ2n) is 3.99. The van der Waals surface area contributed by atoms with Gasteiger partial charge in [-0.15, -0.1) is 11.8 Å². The van der Waals surface area contributed by atoms with E-state index >= 15 is 0 Å². The van der Waals surface area contributed by atoms with Crippen LogP contribution in [0.2, 0.25) is 0 Å². The number of thioether (sulfide) groups is 1. The van der Waals surface area contributed by atoms with Crippen LogP contribution in [0.5, 0.6) is 0 Å². The Labute approximate surface area is 114 Å². The number of carboxylic acids is 1. The molecule has 20 heavy (non-hydrogen) atoms. The number of aliphatic carboxylic acids is 1. The van der Waals surface area contributed by atoms with E-state index in [0.717, 1.165) is 11.8 Å². The number of hydrogen-bond donors (Lipinski definition) is 1. The molecule has 2 nitrogen and oxygen atoms in total. The summed E-state index contributed by atoms with van der Waals surface area (Å²) in [6.45, 7) is 1.53. The Hall–Kier alpha value is -0.670. The average molecular weight is 330 g/mol. The van der Waals surface area contributed by atoms with Crippen molar-refractivity contribution in [3.63, 3.8) is 0 Å². The van der Waals surface area contributed by atoms with Gasteiger partial charge in [0.05, 0.1) is 0 Å². The molecule has 0 rings (SSSR count). The molecule has 1 unspecified atom stereocenters. The van der Waals surface area contributed by atoms with E-state index in [2.05, 4.69) is 0 Å². The van der Waals surface area contributed by atoms with Gasteiger partial charge < -0.3 is 5.11 Å². The summed E-state index contributed by atoms with van der Waals surface area (Å²) in [5.74, 6) is -12.7. The van der Waals surface area contributed by atoms with Gasteiger partial charge in [0.2, 0.25) is 0 Å². The fourth-order valence-corrected chi connectivity index (χ4v) is 2.22. The van der Waals surface area contributed by atoms with Crippen LogP contribution < -0.4 is 0 Å². The molecule has 0 saturated heterocycles. The molecule has 0 aliphatic rings. The number of carbonyl (C=O) groups is 1. The predicted octanol–water partition coefficient (Wildman–Crippen LogP) is 4.20. The van der Waals surface area contributed by atoms with Crippen molar-refractivity contribution in [2.45, 2.75) is 49.5 Å². The molecule has 0 saturated carbocycles. The van der Waals surface area contributed by atoms with Crippen LogP contribution in [-0.2, 0) is 4.79 Å². The third-order valence-corrected chi connectivity index (χ3v) is 3.88. The molecule has 0 aromatic heterocycles. The number of carboxylic acid groups (broad SMARTS) is 1. The second kappa shape index (κ2) is 6.86. The predicted molar refractivity (Wildman–Crippen MR) is 59.4 cm³/mol. The molecule has 0 aliphatic carbocycles. The Bertz CT molecular complexity index is 330. The van der Waals surface area contributed by atoms with Gasteiger partial charge in [-0.2, -0.15) is 30.7 Å². The number of halogens is 7. The van der Waals surface area contributed by atoms with Gasteiger partial charge in [-0.25, -0.2) is 0 Å². The van der Waals surface area contributed by atoms with Gasteiger partial charge >= 0.3 is 24.0 Å². The first-order chi connectivity index (χ1) is 8.87. The van der Waals surface area contributed by atoms with E-state index in [1.807, 2.05) is 0 Å². The summed E-state index contributed by atoms with van der Waals surface area (Å²) >= 11 is 0.729. The maximum atomic E-state index is 12.9. The van der Waals surface area contributed by atoms with Gasteiger partial charge in [-0.1, -0.05) is 6.92 Å². The lowest BCUT2D eigenvalue weighted by molar-refractivity contribution is -0.355. The van der Waals surface area contributed by atoms with Gasteiger partial charge in [0.15, 0.2) is 0 Å². The lowest BCUT2D eigenvalue weighted by Crippen LogP contribution is -2.51. The van der Waals surface area contributed by atoms with E-state index in [-0.39, 0.29) is 12.2 Å². The Kier molecular flexibility index (Phi) is 6.63. The van der Waals surface area contributed by atoms with Gasteiger partial charge in [-0.3, -0.25) is 4.79 Å². The Morgan fingerprint density at radius 3 is 2.00 bits per heavy atom. The zero-order valence-electron chi connectivity index (χ0n) is 10.3. The summed E-state index contributed by atoms with van der Waals surface area (Å²) in [4.78, 5) is 10.6. The maximum absolute atomic E-state index is 12.9. The lowest BCUT2D eigenvalue weighted by atomic mass is 10.1. The lowest BCUT2D eigenvalue weighted by Gasteiger charge is -2.28. The van der Waals surface area contributed by atoms with Crippen molar-refractivity contribution in [2.24, 2.45) is 0 Å². The minimum absolute atomic E-state index is 0.190. The molecule has 0 spiro atoms. The highest BCUT2D eigenvalue weighted by molar-refractivity contribution is 8.00. The van der Waals surface area contributed by atoms with Crippen LogP contribution in [0, 0.1) is 0 Å². The Morgan fingerprint density at radius 2 is 1.65 bits per heavy atom. The standard InChI is InChI=1S/C10H13F7O2S/c1-2-6(7(18)19)20-5-3-4-8(11,12)9(13,14)10(15,16)17/h6H,2-5H2,1H3,(H,18,19). The largest absolute Gasteiger partial charge is 0.480 e. The molecule has 10 heteroatoms. The summed E-state index contributed by atoms with van der Waals surface area (Å²) < 4.78 is 86.2. The molecule has 0 aromatic carbocycles. The third-order valence-electron chi connectivity index (χ3n) is 2.42. The Balaban J connectivity index is 4.41. The summed E-state index contributed by atoms with van der Waals surface area (Å²) in [6.07, 6.45) is -8.44. The molecule has 0 amide bonds. The minimum Gasteiger partial charge on any atom is -0.480 e. The quantitative estimate of drug-likeness (QED) is 0.535. The normalized spacial score (nSPS) is 15.2. The molecule has 0 radical (unpaired) electrons. The minimum atomic E-state index is -6.32. The van der Waals surface area contributed by atoms with Crippen LogP contribution in [-0.4, -0.2) is 40.1 Å². The average Bonchev–Trinajstić information content (AvgIpc) is 2.26. The molecule has 0 heterocycles. The van der Waals surface area contributed by atoms with E-state index in [1.54, 1.807) is 0 Å². The van der Waals surface area contributed by atoms with Crippen LogP contribution in [0.1, 0.15) is 26.2 Å². The first kappa shape index (κ1) is 19.3. The number of alkyl halides is 7. The second-order valence-corrected chi connectivity index (χ2v) is 5.30. The highest BCUT2D eigenvalue weighted by atomic mass is 32.2. The van der Waals surface area contributed by atoms with E-state index in [9.17, 15) is 35.5 Å². The van der Waals surface area contributed by atoms with Crippen molar-refractivity contribution in [3.05, 3.63) is 0 Å². The first-order valence-electron chi connectivity index (χ1n) is 5.53. The zero-order valence-corrected chi connectivity index (χ0v) is 11.1. The van der Waals surface area contributed by atoms with Crippen molar-refractivity contribution in [1.82, 2.24) is 0 Å². The fourth-order valence-electron chi connectivity index (χ4n) is 1.25. The van der Waals surface area contributed by atoms with Crippen molar-refractivity contribution < 1.29 is 40.6 Å². The van der Waals surface area contributed by atoms with Crippen LogP contribution in [0.25, 0.3) is 0 Å². The monoisotopic (exact) mass is 330 g/mol. The topological polar surface area (TPSA) is 37.3 Å². The highest BCUT2D eigenvalue weighted by Gasteiger charge is 2.72. The summed E-state index contributed by atoms with van der Waals surface area (Å²) in [6, 6.07) is 0. The van der Waals surface area contributed by atoms with Crippen molar-refractivity contribution in [2.75, 3.05) is 5.75 Å². The Morgan fingerprint density at radius 1 is 1.15 bits per heavy atom. The van der Waals surface area contributed by atoms with Crippen molar-refractivity contribution in [3.8, 4) is 0 Å². The van der Waals surface area contributed by atoms with Gasteiger partial charge in [0.25, 0.3) is 0 Å². The maximum Gasteiger partial charge on any atom is 0.459 e. The van der Waals surface area contributed by atoms with Crippen molar-refractivity contribution >= 4 is 17.7 Å². The third kappa shape index (κ3) is 4.71. The fraction of sp³-hybridized carbons (Fsp3) is 0.900. The number of hydrogen-bond acceptors (Lipinski definition) is 2. The van der Waals surface area contributed by atoms with Gasteiger partial charge in [0.1, 0.15) is 5.25 Å². The van der Waals surface area contributed by atoms with Crippen molar-refractivity contribution in [1.29, 1.82) is 0 Å². The number of rotatable bonds is 8. The summed E-state index contributed by atoms with van der Waals surface area (Å²) in [5, 5.41) is 7.73. The van der Waals surface area contributed by atoms with Crippen LogP contribution in [0.3, 0.4) is 0 Å². The summed E-state index contributed by atoms with van der Waals surface area (Å²) in [5.41, 5.74) is 0. The molecular weight excluding hydrogens is 317 g/mol. The molecule has 1 atom stereocenters. The van der Waals surface area contributed by atoms with Crippen LogP contribution in [0.4, 0.5) is 30.7 Å². The molecule has 0 fully saturated rings. The van der Waals surface area contributed by atoms with E-state index in [4.69, 9.17) is 5.11 Å². The van der Waals surface area contributed by atoms with Gasteiger partial charge in [0, 0.05) is 6.42 Å². The molecule has 0 aromatic rings. The molecule has 120 valence electrons. The molecule has 0 aliphatic heterocycles. The van der Waals surface area contributed by atoms with Crippen LogP contribution in [0.15, 0.2) is 0 Å². The van der Waals surface area contributed by atoms with E-state index in [1.165, 1.54) is 6.92 Å². The summed E-state index contributed by atoms with van der Waals surface area (Å²) in [7, 11) is 0. The van der Waals surface area contributed by atoms with Gasteiger partial charge in [-0.05, 0) is 18.6 Å². The first-order valence-corrected chi connectivity index (χ1v) is 6.58. The molecule has 0 bridgehead atoms. The zero-order chi connectivity index (χ0) is 16.2. The molecular formula is C10H13F7O2S. The molecule has 1 N–H and O–H groups in total. The smallest absolute Gasteiger partial charge is 0.459 e. The van der Waals surface area contributed by atoms with E-state index < -0.39 is 42.1 Å². The van der Waals surface area contributed by atoms with Crippen LogP contribution >= 0.6 is 11.8 Å².